The number of methoxy groups -OCH3 is 1. The van der Waals surface area contributed by atoms with E-state index in [9.17, 15) is 4.79 Å². The Morgan fingerprint density at radius 2 is 1.79 bits per heavy atom. The lowest BCUT2D eigenvalue weighted by atomic mass is 9.98. The highest BCUT2D eigenvalue weighted by Gasteiger charge is 2.07. The van der Waals surface area contributed by atoms with Crippen molar-refractivity contribution in [2.45, 2.75) is 44.6 Å². The van der Waals surface area contributed by atoms with Gasteiger partial charge in [0, 0.05) is 0 Å². The second-order valence-electron chi connectivity index (χ2n) is 4.71. The zero-order valence-corrected chi connectivity index (χ0v) is 11.3. The van der Waals surface area contributed by atoms with Crippen molar-refractivity contribution in [3.05, 3.63) is 29.8 Å². The summed E-state index contributed by atoms with van der Waals surface area (Å²) >= 11 is 0. The summed E-state index contributed by atoms with van der Waals surface area (Å²) in [5.74, 6) is -0.0793. The maximum Gasteiger partial charge on any atom is 0.307 e. The van der Waals surface area contributed by atoms with Crippen LogP contribution in [-0.2, 0) is 11.2 Å². The average Bonchev–Trinajstić information content (AvgIpc) is 2.40. The Bertz CT molecular complexity index is 366. The van der Waals surface area contributed by atoms with E-state index in [4.69, 9.17) is 14.9 Å². The van der Waals surface area contributed by atoms with E-state index < -0.39 is 5.97 Å². The van der Waals surface area contributed by atoms with Gasteiger partial charge in [-0.3, -0.25) is 4.79 Å². The largest absolute Gasteiger partial charge is 0.497 e. The molecule has 4 nitrogen and oxygen atoms in total. The third-order valence-corrected chi connectivity index (χ3v) is 3.09. The van der Waals surface area contributed by atoms with Gasteiger partial charge < -0.3 is 14.9 Å². The SMILES string of the molecule is COc1ccc(CC(=O)O)cc1.OC1CCCCC1. The first-order chi connectivity index (χ1) is 9.11. The highest BCUT2D eigenvalue weighted by molar-refractivity contribution is 5.70. The van der Waals surface area contributed by atoms with E-state index in [0.29, 0.717) is 0 Å². The van der Waals surface area contributed by atoms with Crippen molar-refractivity contribution < 1.29 is 19.7 Å². The van der Waals surface area contributed by atoms with Gasteiger partial charge in [-0.15, -0.1) is 0 Å². The zero-order valence-electron chi connectivity index (χ0n) is 11.3. The Hall–Kier alpha value is -1.55. The van der Waals surface area contributed by atoms with E-state index >= 15 is 0 Å². The summed E-state index contributed by atoms with van der Waals surface area (Å²) in [5.41, 5.74) is 0.781. The van der Waals surface area contributed by atoms with E-state index in [2.05, 4.69) is 0 Å². The molecule has 1 saturated carbocycles. The van der Waals surface area contributed by atoms with Crippen molar-refractivity contribution in [3.8, 4) is 5.75 Å². The standard InChI is InChI=1S/C9H10O3.C6H12O/c1-12-8-4-2-7(3-5-8)6-9(10)11;7-6-4-2-1-3-5-6/h2-5H,6H2,1H3,(H,10,11);6-7H,1-5H2. The molecule has 0 saturated heterocycles. The number of benzene rings is 1. The molecule has 4 heteroatoms. The normalized spacial score (nSPS) is 15.3. The van der Waals surface area contributed by atoms with Crippen LogP contribution in [0.5, 0.6) is 5.75 Å². The van der Waals surface area contributed by atoms with Crippen molar-refractivity contribution in [2.24, 2.45) is 0 Å². The number of aliphatic carboxylic acids is 1. The summed E-state index contributed by atoms with van der Waals surface area (Å²) < 4.78 is 4.93. The number of carbonyl (C=O) groups is 1. The van der Waals surface area contributed by atoms with Crippen LogP contribution in [0.4, 0.5) is 0 Å². The van der Waals surface area contributed by atoms with Crippen molar-refractivity contribution in [1.29, 1.82) is 0 Å². The van der Waals surface area contributed by atoms with Gasteiger partial charge >= 0.3 is 5.97 Å². The van der Waals surface area contributed by atoms with E-state index in [1.54, 1.807) is 31.4 Å². The van der Waals surface area contributed by atoms with Gasteiger partial charge in [0.15, 0.2) is 0 Å². The smallest absolute Gasteiger partial charge is 0.307 e. The summed E-state index contributed by atoms with van der Waals surface area (Å²) in [6, 6.07) is 6.98. The fourth-order valence-corrected chi connectivity index (χ4v) is 2.00. The fourth-order valence-electron chi connectivity index (χ4n) is 2.00. The highest BCUT2D eigenvalue weighted by atomic mass is 16.5. The number of aliphatic hydroxyl groups excluding tert-OH is 1. The van der Waals surface area contributed by atoms with Crippen LogP contribution in [0.3, 0.4) is 0 Å². The number of hydrogen-bond donors (Lipinski definition) is 2. The van der Waals surface area contributed by atoms with Crippen molar-refractivity contribution in [1.82, 2.24) is 0 Å². The number of carboxylic acids is 1. The topological polar surface area (TPSA) is 66.8 Å². The molecule has 1 aromatic rings. The predicted octanol–water partition coefficient (Wildman–Crippen LogP) is 2.63. The molecular weight excluding hydrogens is 244 g/mol. The number of carboxylic acid groups (broad SMARTS) is 1. The lowest BCUT2D eigenvalue weighted by Crippen LogP contribution is -2.09. The molecular formula is C15H22O4. The van der Waals surface area contributed by atoms with Crippen LogP contribution < -0.4 is 4.74 Å². The summed E-state index contributed by atoms with van der Waals surface area (Å²) in [7, 11) is 1.58. The Kier molecular flexibility index (Phi) is 6.97. The van der Waals surface area contributed by atoms with Crippen LogP contribution in [0.2, 0.25) is 0 Å². The van der Waals surface area contributed by atoms with Gasteiger partial charge in [-0.2, -0.15) is 0 Å². The third kappa shape index (κ3) is 6.82. The Morgan fingerprint density at radius 3 is 2.16 bits per heavy atom. The molecule has 0 unspecified atom stereocenters. The zero-order chi connectivity index (χ0) is 14.1. The van der Waals surface area contributed by atoms with E-state index in [-0.39, 0.29) is 12.5 Å². The molecule has 1 aliphatic rings. The molecule has 0 aromatic heterocycles. The molecule has 0 bridgehead atoms. The summed E-state index contributed by atoms with van der Waals surface area (Å²) in [4.78, 5) is 10.3. The Labute approximate surface area is 114 Å². The van der Waals surface area contributed by atoms with E-state index in [0.717, 1.165) is 24.2 Å². The Morgan fingerprint density at radius 1 is 1.21 bits per heavy atom. The fraction of sp³-hybridized carbons (Fsp3) is 0.533. The van der Waals surface area contributed by atoms with Crippen LogP contribution in [0.15, 0.2) is 24.3 Å². The molecule has 1 fully saturated rings. The van der Waals surface area contributed by atoms with E-state index in [1.165, 1.54) is 19.3 Å². The van der Waals surface area contributed by atoms with Crippen molar-refractivity contribution in [3.63, 3.8) is 0 Å². The lowest BCUT2D eigenvalue weighted by molar-refractivity contribution is -0.136. The van der Waals surface area contributed by atoms with Crippen LogP contribution >= 0.6 is 0 Å². The molecule has 2 N–H and O–H groups in total. The molecule has 106 valence electrons. The highest BCUT2D eigenvalue weighted by Crippen LogP contribution is 2.16. The maximum absolute atomic E-state index is 10.3. The van der Waals surface area contributed by atoms with Gasteiger partial charge in [-0.1, -0.05) is 31.4 Å². The molecule has 0 aliphatic heterocycles. The molecule has 1 aliphatic carbocycles. The van der Waals surface area contributed by atoms with Crippen LogP contribution in [0.1, 0.15) is 37.7 Å². The summed E-state index contributed by atoms with van der Waals surface area (Å²) in [6.07, 6.45) is 5.98. The number of ether oxygens (including phenoxy) is 1. The number of hydrogen-bond acceptors (Lipinski definition) is 3. The predicted molar refractivity (Wildman–Crippen MR) is 73.4 cm³/mol. The van der Waals surface area contributed by atoms with E-state index in [1.807, 2.05) is 0 Å². The Balaban J connectivity index is 0.000000218. The van der Waals surface area contributed by atoms with Crippen LogP contribution in [0, 0.1) is 0 Å². The second kappa shape index (κ2) is 8.53. The number of rotatable bonds is 3. The van der Waals surface area contributed by atoms with Crippen molar-refractivity contribution >= 4 is 5.97 Å². The molecule has 0 amide bonds. The summed E-state index contributed by atoms with van der Waals surface area (Å²) in [5, 5.41) is 17.4. The molecule has 0 radical (unpaired) electrons. The minimum atomic E-state index is -0.819. The second-order valence-corrected chi connectivity index (χ2v) is 4.71. The average molecular weight is 266 g/mol. The van der Waals surface area contributed by atoms with Crippen LogP contribution in [0.25, 0.3) is 0 Å². The molecule has 2 rings (SSSR count). The molecule has 0 spiro atoms. The van der Waals surface area contributed by atoms with Crippen molar-refractivity contribution in [2.75, 3.05) is 7.11 Å². The first-order valence-corrected chi connectivity index (χ1v) is 6.64. The lowest BCUT2D eigenvalue weighted by Gasteiger charge is -2.14. The molecule has 19 heavy (non-hydrogen) atoms. The van der Waals surface area contributed by atoms with Gasteiger partial charge in [-0.05, 0) is 30.5 Å². The minimum absolute atomic E-state index is 0.0359. The van der Waals surface area contributed by atoms with Gasteiger partial charge in [0.1, 0.15) is 5.75 Å². The number of aliphatic hydroxyl groups is 1. The van der Waals surface area contributed by atoms with Crippen LogP contribution in [-0.4, -0.2) is 29.4 Å². The van der Waals surface area contributed by atoms with Gasteiger partial charge in [0.05, 0.1) is 19.6 Å². The van der Waals surface area contributed by atoms with Gasteiger partial charge in [0.25, 0.3) is 0 Å². The molecule has 0 atom stereocenters. The first kappa shape index (κ1) is 15.5. The van der Waals surface area contributed by atoms with Gasteiger partial charge in [-0.25, -0.2) is 0 Å². The quantitative estimate of drug-likeness (QED) is 0.882. The first-order valence-electron chi connectivity index (χ1n) is 6.64. The monoisotopic (exact) mass is 266 g/mol. The maximum atomic E-state index is 10.3. The molecule has 1 aromatic carbocycles. The van der Waals surface area contributed by atoms with Gasteiger partial charge in [0.2, 0.25) is 0 Å². The minimum Gasteiger partial charge on any atom is -0.497 e. The summed E-state index contributed by atoms with van der Waals surface area (Å²) in [6.45, 7) is 0. The third-order valence-electron chi connectivity index (χ3n) is 3.09. The molecule has 0 heterocycles.